The standard InChI is InChI=1S/C13H22N4OS/c1-18-9-13(4-6-14-7-5-13)8-15-12-16-11(17-19-12)10-2-3-10/h10,14H,2-9H2,1H3,(H,15,16,17). The van der Waals surface area contributed by atoms with Crippen LogP contribution in [0.1, 0.15) is 37.4 Å². The van der Waals surface area contributed by atoms with Crippen LogP contribution in [-0.4, -0.2) is 42.7 Å². The Labute approximate surface area is 118 Å². The summed E-state index contributed by atoms with van der Waals surface area (Å²) >= 11 is 1.49. The summed E-state index contributed by atoms with van der Waals surface area (Å²) in [6, 6.07) is 0. The van der Waals surface area contributed by atoms with Crippen molar-refractivity contribution in [1.82, 2.24) is 14.7 Å². The number of nitrogens with one attached hydrogen (secondary N) is 2. The molecule has 3 rings (SSSR count). The average molecular weight is 282 g/mol. The highest BCUT2D eigenvalue weighted by molar-refractivity contribution is 7.09. The van der Waals surface area contributed by atoms with Gasteiger partial charge in [-0.15, -0.1) is 0 Å². The fourth-order valence-corrected chi connectivity index (χ4v) is 3.35. The minimum atomic E-state index is 0.241. The van der Waals surface area contributed by atoms with E-state index in [0.717, 1.165) is 50.0 Å². The molecule has 2 N–H and O–H groups in total. The lowest BCUT2D eigenvalue weighted by atomic mass is 9.79. The van der Waals surface area contributed by atoms with Crippen LogP contribution in [0.15, 0.2) is 0 Å². The topological polar surface area (TPSA) is 59.1 Å². The van der Waals surface area contributed by atoms with E-state index in [1.807, 2.05) is 0 Å². The first-order chi connectivity index (χ1) is 9.31. The zero-order chi connectivity index (χ0) is 13.1. The molecule has 1 aliphatic heterocycles. The molecule has 0 amide bonds. The monoisotopic (exact) mass is 282 g/mol. The maximum absolute atomic E-state index is 5.43. The van der Waals surface area contributed by atoms with Gasteiger partial charge in [0.15, 0.2) is 0 Å². The SMILES string of the molecule is COCC1(CNc2nc(C3CC3)ns2)CCNCC1. The molecule has 0 radical (unpaired) electrons. The first-order valence-electron chi connectivity index (χ1n) is 7.08. The van der Waals surface area contributed by atoms with Crippen molar-refractivity contribution in [2.75, 3.05) is 38.7 Å². The molecule has 0 atom stereocenters. The first-order valence-corrected chi connectivity index (χ1v) is 7.86. The van der Waals surface area contributed by atoms with E-state index in [2.05, 4.69) is 20.0 Å². The normalized spacial score (nSPS) is 22.4. The van der Waals surface area contributed by atoms with Crippen molar-refractivity contribution >= 4 is 16.7 Å². The summed E-state index contributed by atoms with van der Waals surface area (Å²) in [5.41, 5.74) is 0.241. The van der Waals surface area contributed by atoms with Gasteiger partial charge in [-0.3, -0.25) is 0 Å². The molecule has 0 unspecified atom stereocenters. The minimum Gasteiger partial charge on any atom is -0.384 e. The maximum Gasteiger partial charge on any atom is 0.202 e. The van der Waals surface area contributed by atoms with E-state index in [0.29, 0.717) is 5.92 Å². The first kappa shape index (κ1) is 13.3. The Bertz CT molecular complexity index is 407. The maximum atomic E-state index is 5.43. The van der Waals surface area contributed by atoms with Gasteiger partial charge >= 0.3 is 0 Å². The lowest BCUT2D eigenvalue weighted by Gasteiger charge is -2.37. The molecular formula is C13H22N4OS. The molecule has 6 heteroatoms. The third-order valence-corrected chi connectivity index (χ3v) is 4.80. The Morgan fingerprint density at radius 2 is 2.21 bits per heavy atom. The Kier molecular flexibility index (Phi) is 4.00. The number of hydrogen-bond donors (Lipinski definition) is 2. The van der Waals surface area contributed by atoms with Gasteiger partial charge in [0.25, 0.3) is 0 Å². The summed E-state index contributed by atoms with van der Waals surface area (Å²) < 4.78 is 9.86. The van der Waals surface area contributed by atoms with Crippen LogP contribution in [0.4, 0.5) is 5.13 Å². The number of nitrogens with zero attached hydrogens (tertiary/aromatic N) is 2. The van der Waals surface area contributed by atoms with Crippen molar-refractivity contribution < 1.29 is 4.74 Å². The molecule has 1 aliphatic carbocycles. The number of piperidine rings is 1. The smallest absolute Gasteiger partial charge is 0.202 e. The lowest BCUT2D eigenvalue weighted by Crippen LogP contribution is -2.44. The van der Waals surface area contributed by atoms with Crippen LogP contribution < -0.4 is 10.6 Å². The van der Waals surface area contributed by atoms with Crippen LogP contribution in [0.5, 0.6) is 0 Å². The predicted octanol–water partition coefficient (Wildman–Crippen LogP) is 1.84. The van der Waals surface area contributed by atoms with Gasteiger partial charge in [-0.2, -0.15) is 4.37 Å². The van der Waals surface area contributed by atoms with E-state index >= 15 is 0 Å². The van der Waals surface area contributed by atoms with Gasteiger partial charge in [0.05, 0.1) is 6.61 Å². The van der Waals surface area contributed by atoms with Gasteiger partial charge in [0.1, 0.15) is 5.82 Å². The van der Waals surface area contributed by atoms with Gasteiger partial charge in [0.2, 0.25) is 5.13 Å². The molecule has 1 saturated carbocycles. The quantitative estimate of drug-likeness (QED) is 0.834. The van der Waals surface area contributed by atoms with Gasteiger partial charge in [-0.25, -0.2) is 4.98 Å². The van der Waals surface area contributed by atoms with Gasteiger partial charge in [0, 0.05) is 36.5 Å². The molecule has 5 nitrogen and oxygen atoms in total. The summed E-state index contributed by atoms with van der Waals surface area (Å²) in [7, 11) is 1.79. The molecular weight excluding hydrogens is 260 g/mol. The molecule has 1 aromatic rings. The van der Waals surface area contributed by atoms with E-state index in [1.54, 1.807) is 7.11 Å². The second-order valence-electron chi connectivity index (χ2n) is 5.77. The van der Waals surface area contributed by atoms with Crippen LogP contribution in [0, 0.1) is 5.41 Å². The average Bonchev–Trinajstić information content (AvgIpc) is 3.17. The molecule has 0 aromatic carbocycles. The van der Waals surface area contributed by atoms with Crippen molar-refractivity contribution in [1.29, 1.82) is 0 Å². The Morgan fingerprint density at radius 1 is 1.42 bits per heavy atom. The van der Waals surface area contributed by atoms with Crippen molar-refractivity contribution in [3.63, 3.8) is 0 Å². The second kappa shape index (κ2) is 5.73. The van der Waals surface area contributed by atoms with Crippen molar-refractivity contribution in [3.05, 3.63) is 5.82 Å². The number of anilines is 1. The summed E-state index contributed by atoms with van der Waals surface area (Å²) in [4.78, 5) is 4.59. The molecule has 2 heterocycles. The minimum absolute atomic E-state index is 0.241. The van der Waals surface area contributed by atoms with Crippen LogP contribution in [0.3, 0.4) is 0 Å². The van der Waals surface area contributed by atoms with Gasteiger partial charge in [-0.1, -0.05) is 0 Å². The molecule has 1 aromatic heterocycles. The third-order valence-electron chi connectivity index (χ3n) is 4.11. The largest absolute Gasteiger partial charge is 0.384 e. The number of hydrogen-bond acceptors (Lipinski definition) is 6. The fourth-order valence-electron chi connectivity index (χ4n) is 2.71. The van der Waals surface area contributed by atoms with Crippen LogP contribution >= 0.6 is 11.5 Å². The van der Waals surface area contributed by atoms with Crippen LogP contribution in [0.2, 0.25) is 0 Å². The van der Waals surface area contributed by atoms with Crippen LogP contribution in [-0.2, 0) is 4.74 Å². The Balaban J connectivity index is 1.58. The molecule has 2 aliphatic rings. The number of aromatic nitrogens is 2. The zero-order valence-electron chi connectivity index (χ0n) is 11.4. The molecule has 106 valence electrons. The zero-order valence-corrected chi connectivity index (χ0v) is 12.3. The molecule has 2 fully saturated rings. The summed E-state index contributed by atoms with van der Waals surface area (Å²) in [5.74, 6) is 1.68. The van der Waals surface area contributed by atoms with E-state index in [4.69, 9.17) is 4.74 Å². The lowest BCUT2D eigenvalue weighted by molar-refractivity contribution is 0.0636. The van der Waals surface area contributed by atoms with Crippen LogP contribution in [0.25, 0.3) is 0 Å². The Hall–Kier alpha value is -0.720. The van der Waals surface area contributed by atoms with Gasteiger partial charge < -0.3 is 15.4 Å². The number of methoxy groups -OCH3 is 1. The predicted molar refractivity (Wildman–Crippen MR) is 76.8 cm³/mol. The number of ether oxygens (including phenoxy) is 1. The highest BCUT2D eigenvalue weighted by Crippen LogP contribution is 2.39. The second-order valence-corrected chi connectivity index (χ2v) is 6.52. The molecule has 19 heavy (non-hydrogen) atoms. The molecule has 0 bridgehead atoms. The summed E-state index contributed by atoms with van der Waals surface area (Å²) in [6.45, 7) is 3.90. The van der Waals surface area contributed by atoms with E-state index in [1.165, 1.54) is 24.4 Å². The van der Waals surface area contributed by atoms with Crippen molar-refractivity contribution in [2.24, 2.45) is 5.41 Å². The highest BCUT2D eigenvalue weighted by atomic mass is 32.1. The number of rotatable bonds is 6. The Morgan fingerprint density at radius 3 is 2.89 bits per heavy atom. The van der Waals surface area contributed by atoms with Gasteiger partial charge in [-0.05, 0) is 38.8 Å². The summed E-state index contributed by atoms with van der Waals surface area (Å²) in [5, 5.41) is 7.86. The van der Waals surface area contributed by atoms with E-state index in [9.17, 15) is 0 Å². The highest BCUT2D eigenvalue weighted by Gasteiger charge is 2.33. The fraction of sp³-hybridized carbons (Fsp3) is 0.846. The molecule has 1 saturated heterocycles. The molecule has 0 spiro atoms. The summed E-state index contributed by atoms with van der Waals surface area (Å²) in [6.07, 6.45) is 4.83. The van der Waals surface area contributed by atoms with Crippen molar-refractivity contribution in [2.45, 2.75) is 31.6 Å². The van der Waals surface area contributed by atoms with E-state index < -0.39 is 0 Å². The third kappa shape index (κ3) is 3.24. The van der Waals surface area contributed by atoms with Crippen molar-refractivity contribution in [3.8, 4) is 0 Å². The van der Waals surface area contributed by atoms with E-state index in [-0.39, 0.29) is 5.41 Å².